The summed E-state index contributed by atoms with van der Waals surface area (Å²) in [5, 5.41) is 0.684. The summed E-state index contributed by atoms with van der Waals surface area (Å²) in [6.07, 6.45) is 0. The Morgan fingerprint density at radius 1 is 1.22 bits per heavy atom. The first-order valence-corrected chi connectivity index (χ1v) is 10.6. The molecule has 4 nitrogen and oxygen atoms in total. The van der Waals surface area contributed by atoms with Crippen LogP contribution in [0, 0.1) is 3.57 Å². The lowest BCUT2D eigenvalue weighted by molar-refractivity contribution is 0.411. The fourth-order valence-corrected chi connectivity index (χ4v) is 4.80. The molecule has 2 aromatic carbocycles. The predicted octanol–water partition coefficient (Wildman–Crippen LogP) is 4.02. The minimum atomic E-state index is -3.51. The number of hydrogen-bond acceptors (Lipinski definition) is 4. The normalized spacial score (nSPS) is 11.4. The lowest BCUT2D eigenvalue weighted by Gasteiger charge is -2.09. The van der Waals surface area contributed by atoms with E-state index in [1.165, 1.54) is 6.07 Å². The third-order valence-electron chi connectivity index (χ3n) is 2.91. The van der Waals surface area contributed by atoms with E-state index in [9.17, 15) is 8.42 Å². The van der Waals surface area contributed by atoms with Gasteiger partial charge in [0, 0.05) is 22.2 Å². The molecule has 1 N–H and O–H groups in total. The highest BCUT2D eigenvalue weighted by atomic mass is 127. The zero-order chi connectivity index (χ0) is 16.9. The molecule has 0 atom stereocenters. The van der Waals surface area contributed by atoms with Crippen molar-refractivity contribution in [3.63, 3.8) is 0 Å². The summed E-state index contributed by atoms with van der Waals surface area (Å²) < 4.78 is 33.0. The van der Waals surface area contributed by atoms with E-state index < -0.39 is 10.0 Å². The molecular formula is C15H15ClINO3S2. The number of hydrogen-bond donors (Lipinski definition) is 1. The van der Waals surface area contributed by atoms with Gasteiger partial charge in [0.15, 0.2) is 0 Å². The van der Waals surface area contributed by atoms with Crippen LogP contribution in [-0.2, 0) is 10.0 Å². The topological polar surface area (TPSA) is 55.4 Å². The Balaban J connectivity index is 1.91. The van der Waals surface area contributed by atoms with Gasteiger partial charge in [0.05, 0.1) is 15.6 Å². The molecule has 0 saturated heterocycles. The summed E-state index contributed by atoms with van der Waals surface area (Å²) in [5.74, 6) is 1.29. The van der Waals surface area contributed by atoms with Crippen LogP contribution >= 0.6 is 46.0 Å². The van der Waals surface area contributed by atoms with Gasteiger partial charge >= 0.3 is 0 Å². The SMILES string of the molecule is COc1ccc(S(=O)(=O)NCCSc2ccc(Cl)cc2)cc1I. The first-order chi connectivity index (χ1) is 10.9. The Bertz CT molecular complexity index is 767. The van der Waals surface area contributed by atoms with Crippen molar-refractivity contribution in [2.24, 2.45) is 0 Å². The first kappa shape index (κ1) is 18.9. The molecule has 0 fully saturated rings. The number of benzene rings is 2. The van der Waals surface area contributed by atoms with E-state index in [4.69, 9.17) is 16.3 Å². The molecule has 8 heteroatoms. The van der Waals surface area contributed by atoms with E-state index in [0.717, 1.165) is 8.47 Å². The molecule has 0 unspecified atom stereocenters. The highest BCUT2D eigenvalue weighted by Gasteiger charge is 2.15. The molecule has 0 aliphatic heterocycles. The molecule has 124 valence electrons. The molecule has 0 amide bonds. The Hall–Kier alpha value is -0.480. The summed E-state index contributed by atoms with van der Waals surface area (Å²) in [6.45, 7) is 0.345. The molecule has 0 radical (unpaired) electrons. The minimum absolute atomic E-state index is 0.235. The van der Waals surface area contributed by atoms with Crippen molar-refractivity contribution in [1.29, 1.82) is 0 Å². The lowest BCUT2D eigenvalue weighted by atomic mass is 10.3. The average molecular weight is 484 g/mol. The maximum Gasteiger partial charge on any atom is 0.240 e. The van der Waals surface area contributed by atoms with Gasteiger partial charge in [-0.05, 0) is 65.1 Å². The Kier molecular flexibility index (Phi) is 7.02. The van der Waals surface area contributed by atoms with Crippen LogP contribution in [0.15, 0.2) is 52.3 Å². The van der Waals surface area contributed by atoms with Gasteiger partial charge in [0.1, 0.15) is 5.75 Å². The van der Waals surface area contributed by atoms with Gasteiger partial charge in [-0.25, -0.2) is 13.1 Å². The van der Waals surface area contributed by atoms with Gasteiger partial charge in [0.2, 0.25) is 10.0 Å². The number of methoxy groups -OCH3 is 1. The van der Waals surface area contributed by atoms with Crippen molar-refractivity contribution in [3.05, 3.63) is 51.1 Å². The van der Waals surface area contributed by atoms with E-state index in [1.54, 1.807) is 31.0 Å². The molecule has 0 aliphatic rings. The van der Waals surface area contributed by atoms with Gasteiger partial charge in [-0.1, -0.05) is 11.6 Å². The van der Waals surface area contributed by atoms with Gasteiger partial charge in [0.25, 0.3) is 0 Å². The molecule has 0 aliphatic carbocycles. The summed E-state index contributed by atoms with van der Waals surface area (Å²) in [6, 6.07) is 12.2. The highest BCUT2D eigenvalue weighted by Crippen LogP contribution is 2.24. The van der Waals surface area contributed by atoms with Crippen molar-refractivity contribution < 1.29 is 13.2 Å². The van der Waals surface area contributed by atoms with E-state index in [-0.39, 0.29) is 4.90 Å². The quantitative estimate of drug-likeness (QED) is 0.367. The van der Waals surface area contributed by atoms with Crippen LogP contribution < -0.4 is 9.46 Å². The molecule has 0 spiro atoms. The van der Waals surface area contributed by atoms with E-state index in [0.29, 0.717) is 23.1 Å². The molecule has 2 aromatic rings. The summed E-state index contributed by atoms with van der Waals surface area (Å²) >= 11 is 9.44. The molecule has 0 heterocycles. The predicted molar refractivity (Wildman–Crippen MR) is 103 cm³/mol. The number of ether oxygens (including phenoxy) is 1. The van der Waals surface area contributed by atoms with Gasteiger partial charge in [-0.3, -0.25) is 0 Å². The molecule has 23 heavy (non-hydrogen) atoms. The van der Waals surface area contributed by atoms with E-state index >= 15 is 0 Å². The van der Waals surface area contributed by atoms with Crippen molar-refractivity contribution in [2.45, 2.75) is 9.79 Å². The van der Waals surface area contributed by atoms with Crippen LogP contribution in [0.3, 0.4) is 0 Å². The second-order valence-electron chi connectivity index (χ2n) is 4.50. The van der Waals surface area contributed by atoms with Gasteiger partial charge in [-0.15, -0.1) is 11.8 Å². The second kappa shape index (κ2) is 8.57. The van der Waals surface area contributed by atoms with Crippen LogP contribution in [0.5, 0.6) is 5.75 Å². The minimum Gasteiger partial charge on any atom is -0.496 e. The van der Waals surface area contributed by atoms with Crippen molar-refractivity contribution >= 4 is 56.0 Å². The molecule has 0 bridgehead atoms. The number of thioether (sulfide) groups is 1. The Morgan fingerprint density at radius 2 is 1.91 bits per heavy atom. The van der Waals surface area contributed by atoms with Crippen LogP contribution in [0.2, 0.25) is 5.02 Å². The van der Waals surface area contributed by atoms with E-state index in [2.05, 4.69) is 4.72 Å². The van der Waals surface area contributed by atoms with Gasteiger partial charge < -0.3 is 4.74 Å². The maximum absolute atomic E-state index is 12.3. The monoisotopic (exact) mass is 483 g/mol. The summed E-state index contributed by atoms with van der Waals surface area (Å²) in [4.78, 5) is 1.28. The fraction of sp³-hybridized carbons (Fsp3) is 0.200. The fourth-order valence-electron chi connectivity index (χ4n) is 1.77. The van der Waals surface area contributed by atoms with E-state index in [1.807, 2.05) is 46.9 Å². The number of nitrogens with one attached hydrogen (secondary N) is 1. The number of sulfonamides is 1. The van der Waals surface area contributed by atoms with Crippen molar-refractivity contribution in [3.8, 4) is 5.75 Å². The highest BCUT2D eigenvalue weighted by molar-refractivity contribution is 14.1. The molecular weight excluding hydrogens is 469 g/mol. The molecule has 2 rings (SSSR count). The lowest BCUT2D eigenvalue weighted by Crippen LogP contribution is -2.26. The van der Waals surface area contributed by atoms with Crippen molar-refractivity contribution in [1.82, 2.24) is 4.72 Å². The average Bonchev–Trinajstić information content (AvgIpc) is 2.53. The van der Waals surface area contributed by atoms with Crippen LogP contribution in [0.4, 0.5) is 0 Å². The standard InChI is InChI=1S/C15H15ClINO3S2/c1-21-15-7-6-13(10-14(15)17)23(19,20)18-8-9-22-12-4-2-11(16)3-5-12/h2-7,10,18H,8-9H2,1H3. The number of halogens is 2. The van der Waals surface area contributed by atoms with Crippen LogP contribution in [0.1, 0.15) is 0 Å². The Labute approximate surface area is 159 Å². The van der Waals surface area contributed by atoms with Gasteiger partial charge in [-0.2, -0.15) is 0 Å². The second-order valence-corrected chi connectivity index (χ2v) is 9.03. The first-order valence-electron chi connectivity index (χ1n) is 6.64. The summed E-state index contributed by atoms with van der Waals surface area (Å²) in [7, 11) is -1.96. The van der Waals surface area contributed by atoms with Crippen LogP contribution in [-0.4, -0.2) is 27.8 Å². The Morgan fingerprint density at radius 3 is 2.52 bits per heavy atom. The largest absolute Gasteiger partial charge is 0.496 e. The smallest absolute Gasteiger partial charge is 0.240 e. The zero-order valence-electron chi connectivity index (χ0n) is 12.3. The third kappa shape index (κ3) is 5.53. The summed E-state index contributed by atoms with van der Waals surface area (Å²) in [5.41, 5.74) is 0. The van der Waals surface area contributed by atoms with Crippen molar-refractivity contribution in [2.75, 3.05) is 19.4 Å². The third-order valence-corrected chi connectivity index (χ3v) is 6.48. The number of rotatable bonds is 7. The maximum atomic E-state index is 12.3. The van der Waals surface area contributed by atoms with Crippen LogP contribution in [0.25, 0.3) is 0 Å². The molecule has 0 saturated carbocycles. The zero-order valence-corrected chi connectivity index (χ0v) is 16.8. The molecule has 0 aromatic heterocycles.